The summed E-state index contributed by atoms with van der Waals surface area (Å²) in [6.07, 6.45) is 0. The molecule has 0 saturated carbocycles. The average Bonchev–Trinajstić information content (AvgIpc) is 2.62. The minimum absolute atomic E-state index is 0.192. The van der Waals surface area contributed by atoms with Gasteiger partial charge in [-0.3, -0.25) is 0 Å². The Morgan fingerprint density at radius 3 is 2.08 bits per heavy atom. The van der Waals surface area contributed by atoms with Crippen LogP contribution < -0.4 is 0 Å². The predicted octanol–water partition coefficient (Wildman–Crippen LogP) is 6.62. The summed E-state index contributed by atoms with van der Waals surface area (Å²) in [5, 5.41) is 2.31. The molecule has 0 aliphatic carbocycles. The molecule has 0 unspecified atom stereocenters. The van der Waals surface area contributed by atoms with Gasteiger partial charge in [-0.2, -0.15) is 0 Å². The Labute approximate surface area is 141 Å². The summed E-state index contributed by atoms with van der Waals surface area (Å²) in [7, 11) is 0. The van der Waals surface area contributed by atoms with E-state index in [2.05, 4.69) is 37.3 Å². The highest BCUT2D eigenvalue weighted by Crippen LogP contribution is 2.30. The second kappa shape index (κ2) is 5.93. The van der Waals surface area contributed by atoms with Crippen LogP contribution in [0.25, 0.3) is 33.0 Å². The molecule has 0 aliphatic heterocycles. The van der Waals surface area contributed by atoms with E-state index < -0.39 is 0 Å². The van der Waals surface area contributed by atoms with Gasteiger partial charge in [-0.1, -0.05) is 78.4 Å². The van der Waals surface area contributed by atoms with Crippen LogP contribution in [0.15, 0.2) is 84.9 Å². The zero-order valence-corrected chi connectivity index (χ0v) is 13.5. The van der Waals surface area contributed by atoms with Gasteiger partial charge in [0.2, 0.25) is 0 Å². The summed E-state index contributed by atoms with van der Waals surface area (Å²) in [6.45, 7) is 2.08. The first-order valence-electron chi connectivity index (χ1n) is 8.06. The number of rotatable bonds is 2. The third-order valence-corrected chi connectivity index (χ3v) is 4.38. The molecule has 24 heavy (non-hydrogen) atoms. The van der Waals surface area contributed by atoms with Crippen molar-refractivity contribution in [3.8, 4) is 22.3 Å². The number of aryl methyl sites for hydroxylation is 1. The Morgan fingerprint density at radius 2 is 1.29 bits per heavy atom. The number of hydrogen-bond donors (Lipinski definition) is 0. The van der Waals surface area contributed by atoms with Crippen LogP contribution in [0.2, 0.25) is 0 Å². The van der Waals surface area contributed by atoms with Gasteiger partial charge < -0.3 is 0 Å². The van der Waals surface area contributed by atoms with E-state index >= 15 is 0 Å². The zero-order chi connectivity index (χ0) is 16.5. The summed E-state index contributed by atoms with van der Waals surface area (Å²) in [5.74, 6) is -0.192. The fourth-order valence-corrected chi connectivity index (χ4v) is 3.09. The summed E-state index contributed by atoms with van der Waals surface area (Å²) in [6, 6.07) is 27.8. The molecule has 0 aliphatic rings. The Bertz CT molecular complexity index is 1020. The second-order valence-electron chi connectivity index (χ2n) is 6.13. The van der Waals surface area contributed by atoms with Gasteiger partial charge in [0.15, 0.2) is 0 Å². The van der Waals surface area contributed by atoms with Gasteiger partial charge in [-0.05, 0) is 46.5 Å². The van der Waals surface area contributed by atoms with Crippen molar-refractivity contribution in [2.75, 3.05) is 0 Å². The molecule has 4 aromatic rings. The molecule has 0 saturated heterocycles. The van der Waals surface area contributed by atoms with Gasteiger partial charge >= 0.3 is 0 Å². The molecule has 0 bridgehead atoms. The van der Waals surface area contributed by atoms with Gasteiger partial charge in [-0.25, -0.2) is 4.39 Å². The van der Waals surface area contributed by atoms with E-state index in [0.29, 0.717) is 5.56 Å². The van der Waals surface area contributed by atoms with E-state index in [4.69, 9.17) is 0 Å². The molecule has 116 valence electrons. The topological polar surface area (TPSA) is 0 Å². The first-order chi connectivity index (χ1) is 11.7. The van der Waals surface area contributed by atoms with Crippen LogP contribution in [0.4, 0.5) is 4.39 Å². The second-order valence-corrected chi connectivity index (χ2v) is 6.13. The zero-order valence-electron chi connectivity index (χ0n) is 13.5. The SMILES string of the molecule is Cc1ccc2cc(-c3ccc(-c4ccccc4)cc3F)ccc2c1. The van der Waals surface area contributed by atoms with Crippen molar-refractivity contribution in [1.82, 2.24) is 0 Å². The molecular weight excluding hydrogens is 295 g/mol. The molecule has 0 nitrogen and oxygen atoms in total. The highest BCUT2D eigenvalue weighted by Gasteiger charge is 2.08. The molecule has 4 rings (SSSR count). The van der Waals surface area contributed by atoms with Crippen LogP contribution in [0.1, 0.15) is 5.56 Å². The average molecular weight is 312 g/mol. The van der Waals surface area contributed by atoms with Crippen molar-refractivity contribution < 1.29 is 4.39 Å². The van der Waals surface area contributed by atoms with E-state index in [1.807, 2.05) is 48.5 Å². The smallest absolute Gasteiger partial charge is 0.131 e. The first kappa shape index (κ1) is 14.6. The van der Waals surface area contributed by atoms with E-state index in [9.17, 15) is 4.39 Å². The molecule has 1 heteroatoms. The third kappa shape index (κ3) is 2.69. The Kier molecular flexibility index (Phi) is 3.62. The van der Waals surface area contributed by atoms with Crippen LogP contribution >= 0.6 is 0 Å². The predicted molar refractivity (Wildman–Crippen MR) is 99.5 cm³/mol. The van der Waals surface area contributed by atoms with Crippen molar-refractivity contribution in [2.24, 2.45) is 0 Å². The van der Waals surface area contributed by atoms with Crippen LogP contribution in [-0.2, 0) is 0 Å². The molecule has 0 spiro atoms. The van der Waals surface area contributed by atoms with Crippen molar-refractivity contribution in [2.45, 2.75) is 6.92 Å². The maximum atomic E-state index is 14.7. The molecular formula is C23H17F. The lowest BCUT2D eigenvalue weighted by Crippen LogP contribution is -1.87. The van der Waals surface area contributed by atoms with E-state index in [-0.39, 0.29) is 5.82 Å². The highest BCUT2D eigenvalue weighted by molar-refractivity contribution is 5.88. The summed E-state index contributed by atoms with van der Waals surface area (Å²) < 4.78 is 14.7. The van der Waals surface area contributed by atoms with Crippen LogP contribution in [0, 0.1) is 12.7 Å². The maximum absolute atomic E-state index is 14.7. The van der Waals surface area contributed by atoms with Gasteiger partial charge in [0.05, 0.1) is 0 Å². The van der Waals surface area contributed by atoms with Gasteiger partial charge in [0.25, 0.3) is 0 Å². The fourth-order valence-electron chi connectivity index (χ4n) is 3.09. The van der Waals surface area contributed by atoms with E-state index in [1.54, 1.807) is 6.07 Å². The molecule has 0 atom stereocenters. The van der Waals surface area contributed by atoms with Crippen LogP contribution in [-0.4, -0.2) is 0 Å². The monoisotopic (exact) mass is 312 g/mol. The lowest BCUT2D eigenvalue weighted by Gasteiger charge is -2.08. The number of hydrogen-bond acceptors (Lipinski definition) is 0. The van der Waals surface area contributed by atoms with Crippen LogP contribution in [0.5, 0.6) is 0 Å². The number of halogens is 1. The van der Waals surface area contributed by atoms with Crippen molar-refractivity contribution in [3.63, 3.8) is 0 Å². The molecule has 0 N–H and O–H groups in total. The van der Waals surface area contributed by atoms with Gasteiger partial charge in [-0.15, -0.1) is 0 Å². The van der Waals surface area contributed by atoms with Gasteiger partial charge in [0.1, 0.15) is 5.82 Å². The van der Waals surface area contributed by atoms with E-state index in [0.717, 1.165) is 22.1 Å². The molecule has 0 radical (unpaired) electrons. The lowest BCUT2D eigenvalue weighted by molar-refractivity contribution is 0.632. The quantitative estimate of drug-likeness (QED) is 0.390. The molecule has 0 amide bonds. The van der Waals surface area contributed by atoms with E-state index in [1.165, 1.54) is 10.9 Å². The molecule has 0 heterocycles. The Balaban J connectivity index is 1.78. The summed E-state index contributed by atoms with van der Waals surface area (Å²) in [4.78, 5) is 0. The minimum atomic E-state index is -0.192. The third-order valence-electron chi connectivity index (χ3n) is 4.38. The number of fused-ring (bicyclic) bond motifs is 1. The Hall–Kier alpha value is -2.93. The molecule has 0 aromatic heterocycles. The summed E-state index contributed by atoms with van der Waals surface area (Å²) in [5.41, 5.74) is 4.69. The molecule has 0 fully saturated rings. The lowest BCUT2D eigenvalue weighted by atomic mass is 9.97. The van der Waals surface area contributed by atoms with Crippen molar-refractivity contribution in [3.05, 3.63) is 96.3 Å². The standard InChI is InChI=1S/C23H17F/c1-16-7-8-19-14-21(10-9-18(19)13-16)22-12-11-20(15-23(22)24)17-5-3-2-4-6-17/h2-15H,1H3. The van der Waals surface area contributed by atoms with Crippen molar-refractivity contribution in [1.29, 1.82) is 0 Å². The molecule has 4 aromatic carbocycles. The maximum Gasteiger partial charge on any atom is 0.131 e. The number of benzene rings is 4. The first-order valence-corrected chi connectivity index (χ1v) is 8.06. The Morgan fingerprint density at radius 1 is 0.583 bits per heavy atom. The highest BCUT2D eigenvalue weighted by atomic mass is 19.1. The van der Waals surface area contributed by atoms with Crippen LogP contribution in [0.3, 0.4) is 0 Å². The largest absolute Gasteiger partial charge is 0.206 e. The fraction of sp³-hybridized carbons (Fsp3) is 0.0435. The van der Waals surface area contributed by atoms with Gasteiger partial charge in [0, 0.05) is 5.56 Å². The normalized spacial score (nSPS) is 10.9. The summed E-state index contributed by atoms with van der Waals surface area (Å²) >= 11 is 0. The van der Waals surface area contributed by atoms with Crippen molar-refractivity contribution >= 4 is 10.8 Å². The minimum Gasteiger partial charge on any atom is -0.206 e.